The van der Waals surface area contributed by atoms with Crippen molar-refractivity contribution < 1.29 is 18.0 Å². The number of unbranched alkanes of at least 4 members (excludes halogenated alkanes) is 2. The van der Waals surface area contributed by atoms with Crippen LogP contribution < -0.4 is 15.8 Å². The topological polar surface area (TPSA) is 118 Å². The summed E-state index contributed by atoms with van der Waals surface area (Å²) in [6.45, 7) is 2.49. The third-order valence-electron chi connectivity index (χ3n) is 2.71. The largest absolute Gasteiger partial charge is 0.348 e. The Bertz CT molecular complexity index is 596. The Morgan fingerprint density at radius 3 is 2.24 bits per heavy atom. The van der Waals surface area contributed by atoms with Crippen LogP contribution in [-0.2, 0) is 19.6 Å². The summed E-state index contributed by atoms with van der Waals surface area (Å²) in [5.74, 6) is -1.52. The van der Waals surface area contributed by atoms with E-state index < -0.39 is 21.8 Å². The molecule has 1 aromatic carbocycles. The molecule has 0 bridgehead atoms. The lowest BCUT2D eigenvalue weighted by atomic mass is 10.2. The summed E-state index contributed by atoms with van der Waals surface area (Å²) < 4.78 is 22.1. The van der Waals surface area contributed by atoms with E-state index in [0.29, 0.717) is 12.2 Å². The molecule has 0 fully saturated rings. The first-order valence-electron chi connectivity index (χ1n) is 6.56. The van der Waals surface area contributed by atoms with Crippen molar-refractivity contribution in [3.8, 4) is 0 Å². The number of amides is 2. The first-order chi connectivity index (χ1) is 9.84. The molecule has 0 aromatic heterocycles. The highest BCUT2D eigenvalue weighted by Crippen LogP contribution is 2.12. The molecule has 0 radical (unpaired) electrons. The third-order valence-corrected chi connectivity index (χ3v) is 3.64. The average molecular weight is 313 g/mol. The quantitative estimate of drug-likeness (QED) is 0.525. The highest BCUT2D eigenvalue weighted by atomic mass is 32.2. The van der Waals surface area contributed by atoms with Gasteiger partial charge in [0.15, 0.2) is 0 Å². The molecular weight excluding hydrogens is 294 g/mol. The van der Waals surface area contributed by atoms with Crippen molar-refractivity contribution in [2.24, 2.45) is 5.14 Å². The van der Waals surface area contributed by atoms with Crippen molar-refractivity contribution in [2.75, 3.05) is 11.9 Å². The standard InChI is InChI=1S/C13H19N3O4S/c1-2-3-4-9-15-12(17)13(18)16-10-5-7-11(8-6-10)21(14,19)20/h5-8H,2-4,9H2,1H3,(H,15,17)(H,16,18)(H2,14,19,20). The van der Waals surface area contributed by atoms with Gasteiger partial charge >= 0.3 is 11.8 Å². The first kappa shape index (κ1) is 17.1. The number of nitrogens with one attached hydrogen (secondary N) is 2. The molecule has 0 unspecified atom stereocenters. The summed E-state index contributed by atoms with van der Waals surface area (Å²) in [6, 6.07) is 5.23. The molecule has 0 heterocycles. The molecule has 8 heteroatoms. The van der Waals surface area contributed by atoms with Gasteiger partial charge in [-0.3, -0.25) is 9.59 Å². The third kappa shape index (κ3) is 5.92. The highest BCUT2D eigenvalue weighted by molar-refractivity contribution is 7.89. The Morgan fingerprint density at radius 1 is 1.10 bits per heavy atom. The smallest absolute Gasteiger partial charge is 0.313 e. The first-order valence-corrected chi connectivity index (χ1v) is 8.11. The van der Waals surface area contributed by atoms with Gasteiger partial charge in [0.05, 0.1) is 4.90 Å². The number of carbonyl (C=O) groups is 2. The monoisotopic (exact) mass is 313 g/mol. The van der Waals surface area contributed by atoms with Crippen molar-refractivity contribution in [3.63, 3.8) is 0 Å². The van der Waals surface area contributed by atoms with Crippen LogP contribution in [0, 0.1) is 0 Å². The molecule has 7 nitrogen and oxygen atoms in total. The molecule has 2 amide bonds. The lowest BCUT2D eigenvalue weighted by Gasteiger charge is -2.06. The zero-order valence-electron chi connectivity index (χ0n) is 11.8. The van der Waals surface area contributed by atoms with E-state index >= 15 is 0 Å². The van der Waals surface area contributed by atoms with Gasteiger partial charge in [0.25, 0.3) is 0 Å². The van der Waals surface area contributed by atoms with Crippen LogP contribution in [0.5, 0.6) is 0 Å². The highest BCUT2D eigenvalue weighted by Gasteiger charge is 2.13. The van der Waals surface area contributed by atoms with Crippen LogP contribution >= 0.6 is 0 Å². The number of hydrogen-bond acceptors (Lipinski definition) is 4. The molecule has 1 aromatic rings. The van der Waals surface area contributed by atoms with Gasteiger partial charge in [-0.25, -0.2) is 13.6 Å². The lowest BCUT2D eigenvalue weighted by molar-refractivity contribution is -0.136. The van der Waals surface area contributed by atoms with E-state index in [1.807, 2.05) is 6.92 Å². The maximum atomic E-state index is 11.6. The van der Waals surface area contributed by atoms with Crippen LogP contribution in [0.4, 0.5) is 5.69 Å². The second kappa shape index (κ2) is 7.75. The Hall–Kier alpha value is -1.93. The fourth-order valence-corrected chi connectivity index (χ4v) is 2.09. The summed E-state index contributed by atoms with van der Waals surface area (Å²) >= 11 is 0. The van der Waals surface area contributed by atoms with Gasteiger partial charge in [0.1, 0.15) is 0 Å². The molecule has 1 rings (SSSR count). The molecule has 0 atom stereocenters. The molecular formula is C13H19N3O4S. The van der Waals surface area contributed by atoms with E-state index in [0.717, 1.165) is 19.3 Å². The van der Waals surface area contributed by atoms with Gasteiger partial charge in [-0.2, -0.15) is 0 Å². The van der Waals surface area contributed by atoms with Crippen molar-refractivity contribution in [2.45, 2.75) is 31.1 Å². The molecule has 0 spiro atoms. The predicted molar refractivity (Wildman–Crippen MR) is 79.0 cm³/mol. The number of anilines is 1. The van der Waals surface area contributed by atoms with Gasteiger partial charge in [-0.1, -0.05) is 19.8 Å². The summed E-state index contributed by atoms with van der Waals surface area (Å²) in [5.41, 5.74) is 0.316. The number of benzene rings is 1. The second-order valence-corrected chi connectivity index (χ2v) is 6.05. The molecule has 0 aliphatic heterocycles. The zero-order valence-corrected chi connectivity index (χ0v) is 12.6. The van der Waals surface area contributed by atoms with Crippen LogP contribution in [0.25, 0.3) is 0 Å². The minimum atomic E-state index is -3.77. The van der Waals surface area contributed by atoms with Gasteiger partial charge in [-0.05, 0) is 30.7 Å². The van der Waals surface area contributed by atoms with Crippen molar-refractivity contribution >= 4 is 27.5 Å². The van der Waals surface area contributed by atoms with Crippen molar-refractivity contribution in [1.82, 2.24) is 5.32 Å². The molecule has 0 saturated heterocycles. The number of primary sulfonamides is 1. The molecule has 0 saturated carbocycles. The number of sulfonamides is 1. The van der Waals surface area contributed by atoms with E-state index in [2.05, 4.69) is 10.6 Å². The Morgan fingerprint density at radius 2 is 1.71 bits per heavy atom. The van der Waals surface area contributed by atoms with Crippen LogP contribution in [0.2, 0.25) is 0 Å². The fraction of sp³-hybridized carbons (Fsp3) is 0.385. The van der Waals surface area contributed by atoms with Crippen LogP contribution in [0.1, 0.15) is 26.2 Å². The number of rotatable bonds is 6. The van der Waals surface area contributed by atoms with Crippen molar-refractivity contribution in [3.05, 3.63) is 24.3 Å². The maximum Gasteiger partial charge on any atom is 0.313 e. The van der Waals surface area contributed by atoms with E-state index in [1.54, 1.807) is 0 Å². The summed E-state index contributed by atoms with van der Waals surface area (Å²) in [5, 5.41) is 9.84. The number of carbonyl (C=O) groups excluding carboxylic acids is 2. The Labute approximate surface area is 124 Å². The van der Waals surface area contributed by atoms with Crippen molar-refractivity contribution in [1.29, 1.82) is 0 Å². The SMILES string of the molecule is CCCCCNC(=O)C(=O)Nc1ccc(S(N)(=O)=O)cc1. The average Bonchev–Trinajstić information content (AvgIpc) is 2.43. The Kier molecular flexibility index (Phi) is 6.32. The number of hydrogen-bond donors (Lipinski definition) is 3. The van der Waals surface area contributed by atoms with Crippen LogP contribution in [0.15, 0.2) is 29.2 Å². The summed E-state index contributed by atoms with van der Waals surface area (Å²) in [7, 11) is -3.77. The maximum absolute atomic E-state index is 11.6. The minimum Gasteiger partial charge on any atom is -0.348 e. The number of nitrogens with two attached hydrogens (primary N) is 1. The Balaban J connectivity index is 2.53. The van der Waals surface area contributed by atoms with E-state index in [-0.39, 0.29) is 4.90 Å². The normalized spacial score (nSPS) is 11.0. The summed E-state index contributed by atoms with van der Waals surface area (Å²) in [6.07, 6.45) is 2.83. The lowest BCUT2D eigenvalue weighted by Crippen LogP contribution is -2.35. The van der Waals surface area contributed by atoms with Gasteiger partial charge in [0.2, 0.25) is 10.0 Å². The molecule has 4 N–H and O–H groups in total. The van der Waals surface area contributed by atoms with E-state index in [9.17, 15) is 18.0 Å². The molecule has 116 valence electrons. The van der Waals surface area contributed by atoms with Gasteiger partial charge < -0.3 is 10.6 Å². The zero-order chi connectivity index (χ0) is 15.9. The minimum absolute atomic E-state index is 0.0653. The fourth-order valence-electron chi connectivity index (χ4n) is 1.57. The van der Waals surface area contributed by atoms with Crippen LogP contribution in [-0.4, -0.2) is 26.8 Å². The predicted octanol–water partition coefficient (Wildman–Crippen LogP) is 0.579. The van der Waals surface area contributed by atoms with E-state index in [1.165, 1.54) is 24.3 Å². The molecule has 0 aliphatic rings. The molecule has 21 heavy (non-hydrogen) atoms. The molecule has 0 aliphatic carbocycles. The van der Waals surface area contributed by atoms with E-state index in [4.69, 9.17) is 5.14 Å². The second-order valence-electron chi connectivity index (χ2n) is 4.49. The van der Waals surface area contributed by atoms with Gasteiger partial charge in [0, 0.05) is 12.2 Å². The van der Waals surface area contributed by atoms with Gasteiger partial charge in [-0.15, -0.1) is 0 Å². The van der Waals surface area contributed by atoms with Crippen LogP contribution in [0.3, 0.4) is 0 Å². The summed E-state index contributed by atoms with van der Waals surface area (Å²) in [4.78, 5) is 23.0.